The summed E-state index contributed by atoms with van der Waals surface area (Å²) in [6, 6.07) is 0. The molecule has 0 heterocycles. The van der Waals surface area contributed by atoms with Crippen LogP contribution in [0.4, 0.5) is 145 Å². The van der Waals surface area contributed by atoms with E-state index >= 15 is 0 Å². The molecule has 0 unspecified atom stereocenters. The van der Waals surface area contributed by atoms with Gasteiger partial charge in [-0.1, -0.05) is 0 Å². The van der Waals surface area contributed by atoms with Crippen molar-refractivity contribution in [2.45, 2.75) is 89.1 Å². The van der Waals surface area contributed by atoms with Gasteiger partial charge in [0.1, 0.15) is 0 Å². The second kappa shape index (κ2) is 12.2. The van der Waals surface area contributed by atoms with Gasteiger partial charge in [0.2, 0.25) is 11.7 Å². The number of aliphatic carboxylic acids is 1. The average Bonchev–Trinajstić information content (AvgIpc) is 2.93. The number of allylic oxidation sites excluding steroid dienone is 1. The second-order valence-corrected chi connectivity index (χ2v) is 9.47. The quantitative estimate of drug-likeness (QED) is 0.131. The van der Waals surface area contributed by atoms with Gasteiger partial charge in [-0.05, 0) is 0 Å². The minimum Gasteiger partial charge on any atom is -0.476 e. The van der Waals surface area contributed by atoms with Gasteiger partial charge in [0.05, 0.1) is 0 Å². The van der Waals surface area contributed by atoms with E-state index in [1.54, 1.807) is 0 Å². The zero-order chi connectivity index (χ0) is 44.2. The lowest BCUT2D eigenvalue weighted by Crippen LogP contribution is -2.79. The average molecular weight is 876 g/mol. The number of carboxylic acid groups (broad SMARTS) is 1. The standard InChI is InChI=1S/C18HF33O2/c19-1(3(52)53)2(20)4(21,22)5(23,24)6(25,26)7(27,28)8(29,30)9(31,32)10(33,34)11(35,36)12(37,38)13(39,40)14(41,42)15(43,44)16(45,46)17(47,48)18(49,50)51/h(H,52,53)/b2-1+. The Kier molecular flexibility index (Phi) is 11.5. The smallest absolute Gasteiger partial charge is 0.460 e. The van der Waals surface area contributed by atoms with Crippen LogP contribution >= 0.6 is 0 Å². The lowest BCUT2D eigenvalue weighted by molar-refractivity contribution is -0.489. The fourth-order valence-electron chi connectivity index (χ4n) is 2.91. The van der Waals surface area contributed by atoms with Crippen molar-refractivity contribution in [3.05, 3.63) is 11.7 Å². The van der Waals surface area contributed by atoms with Crippen LogP contribution in [-0.4, -0.2) is 100 Å². The Hall–Kier alpha value is -3.10. The van der Waals surface area contributed by atoms with Gasteiger partial charge in [0, 0.05) is 0 Å². The van der Waals surface area contributed by atoms with E-state index in [0.717, 1.165) is 0 Å². The molecule has 0 bridgehead atoms. The molecule has 0 fully saturated rings. The maximum atomic E-state index is 13.8. The zero-order valence-electron chi connectivity index (χ0n) is 22.3. The number of hydrogen-bond acceptors (Lipinski definition) is 1. The van der Waals surface area contributed by atoms with Gasteiger partial charge in [-0.15, -0.1) is 0 Å². The van der Waals surface area contributed by atoms with Gasteiger partial charge in [-0.2, -0.15) is 140 Å². The van der Waals surface area contributed by atoms with Crippen molar-refractivity contribution < 1.29 is 155 Å². The van der Waals surface area contributed by atoms with Gasteiger partial charge in [-0.3, -0.25) is 0 Å². The lowest BCUT2D eigenvalue weighted by Gasteiger charge is -2.46. The van der Waals surface area contributed by atoms with E-state index in [1.807, 2.05) is 0 Å². The minimum absolute atomic E-state index is 3.93. The SMILES string of the molecule is O=C(O)/C(F)=C(\F)C(F)(F)C(F)(F)C(F)(F)C(F)(F)C(F)(F)C(F)(F)C(F)(F)C(F)(F)C(F)(F)C(F)(F)C(F)(F)C(F)(F)C(F)(F)C(F)(F)C(F)(F)F. The maximum Gasteiger partial charge on any atom is 0.460 e. The van der Waals surface area contributed by atoms with E-state index in [-0.39, 0.29) is 0 Å². The number of hydrogen-bond donors (Lipinski definition) is 1. The highest BCUT2D eigenvalue weighted by Crippen LogP contribution is 2.69. The van der Waals surface area contributed by atoms with Crippen molar-refractivity contribution in [1.29, 1.82) is 0 Å². The number of halogens is 33. The summed E-state index contributed by atoms with van der Waals surface area (Å²) in [6.07, 6.45) is -8.40. The first kappa shape index (κ1) is 49.9. The molecule has 53 heavy (non-hydrogen) atoms. The van der Waals surface area contributed by atoms with Crippen LogP contribution in [-0.2, 0) is 4.79 Å². The fourth-order valence-corrected chi connectivity index (χ4v) is 2.91. The van der Waals surface area contributed by atoms with Crippen LogP contribution in [0.5, 0.6) is 0 Å². The van der Waals surface area contributed by atoms with Crippen molar-refractivity contribution in [3.8, 4) is 0 Å². The normalized spacial score (nSPS) is 17.2. The molecule has 0 aliphatic rings. The molecule has 2 nitrogen and oxygen atoms in total. The molecule has 0 rings (SSSR count). The van der Waals surface area contributed by atoms with Crippen molar-refractivity contribution in [3.63, 3.8) is 0 Å². The Morgan fingerprint density at radius 2 is 0.434 bits per heavy atom. The van der Waals surface area contributed by atoms with Crippen molar-refractivity contribution in [2.24, 2.45) is 0 Å². The molecule has 0 atom stereocenters. The molecular weight excluding hydrogens is 875 g/mol. The summed E-state index contributed by atoms with van der Waals surface area (Å²) in [5.74, 6) is -150. The van der Waals surface area contributed by atoms with Crippen LogP contribution in [0, 0.1) is 0 Å². The summed E-state index contributed by atoms with van der Waals surface area (Å²) in [7, 11) is 0. The maximum absolute atomic E-state index is 13.8. The predicted molar refractivity (Wildman–Crippen MR) is 92.2 cm³/mol. The highest BCUT2D eigenvalue weighted by atomic mass is 19.4. The molecule has 35 heteroatoms. The van der Waals surface area contributed by atoms with E-state index < -0.39 is 107 Å². The molecule has 0 aliphatic heterocycles. The Morgan fingerprint density at radius 1 is 0.283 bits per heavy atom. The molecule has 0 aromatic carbocycles. The van der Waals surface area contributed by atoms with Crippen molar-refractivity contribution >= 4 is 5.97 Å². The predicted octanol–water partition coefficient (Wildman–Crippen LogP) is 10.7. The molecule has 316 valence electrons. The third kappa shape index (κ3) is 5.74. The van der Waals surface area contributed by atoms with Gasteiger partial charge in [0.15, 0.2) is 0 Å². The van der Waals surface area contributed by atoms with Crippen LogP contribution in [0.25, 0.3) is 0 Å². The van der Waals surface area contributed by atoms with Gasteiger partial charge < -0.3 is 5.11 Å². The molecule has 0 amide bonds. The molecule has 0 radical (unpaired) electrons. The number of alkyl halides is 31. The van der Waals surface area contributed by atoms with Gasteiger partial charge >= 0.3 is 95.1 Å². The molecule has 0 saturated carbocycles. The third-order valence-electron chi connectivity index (χ3n) is 6.14. The van der Waals surface area contributed by atoms with Crippen molar-refractivity contribution in [1.82, 2.24) is 0 Å². The molecule has 0 saturated heterocycles. The van der Waals surface area contributed by atoms with E-state index in [0.29, 0.717) is 0 Å². The Labute approximate surface area is 263 Å². The Balaban J connectivity index is 7.78. The molecule has 0 aliphatic carbocycles. The Bertz CT molecular complexity index is 1430. The van der Waals surface area contributed by atoms with E-state index in [4.69, 9.17) is 5.11 Å². The molecule has 0 aromatic rings. The topological polar surface area (TPSA) is 37.3 Å². The number of rotatable bonds is 15. The van der Waals surface area contributed by atoms with Crippen LogP contribution in [0.3, 0.4) is 0 Å². The van der Waals surface area contributed by atoms with Crippen molar-refractivity contribution in [2.75, 3.05) is 0 Å². The second-order valence-electron chi connectivity index (χ2n) is 9.47. The lowest BCUT2D eigenvalue weighted by atomic mass is 9.83. The molecule has 1 N–H and O–H groups in total. The monoisotopic (exact) mass is 876 g/mol. The van der Waals surface area contributed by atoms with Gasteiger partial charge in [0.25, 0.3) is 0 Å². The highest BCUT2D eigenvalue weighted by molar-refractivity contribution is 5.84. The van der Waals surface area contributed by atoms with E-state index in [9.17, 15) is 150 Å². The van der Waals surface area contributed by atoms with E-state index in [1.165, 1.54) is 0 Å². The third-order valence-corrected chi connectivity index (χ3v) is 6.14. The summed E-state index contributed by atoms with van der Waals surface area (Å²) < 4.78 is 441. The molecule has 0 aromatic heterocycles. The first-order valence-corrected chi connectivity index (χ1v) is 10.9. The van der Waals surface area contributed by atoms with Crippen LogP contribution in [0.2, 0.25) is 0 Å². The summed E-state index contributed by atoms with van der Waals surface area (Å²) in [6.45, 7) is 0. The molecular formula is C18HF33O2. The van der Waals surface area contributed by atoms with Gasteiger partial charge in [-0.25, -0.2) is 9.18 Å². The highest BCUT2D eigenvalue weighted by Gasteiger charge is 3.01. The van der Waals surface area contributed by atoms with Crippen LogP contribution < -0.4 is 0 Å². The van der Waals surface area contributed by atoms with Crippen LogP contribution in [0.1, 0.15) is 0 Å². The largest absolute Gasteiger partial charge is 0.476 e. The fraction of sp³-hybridized carbons (Fsp3) is 0.833. The number of carbonyl (C=O) groups is 1. The number of carboxylic acids is 1. The summed E-state index contributed by atoms with van der Waals surface area (Å²) in [4.78, 5) is 9.98. The summed E-state index contributed by atoms with van der Waals surface area (Å²) in [5, 5.41) is 7.79. The Morgan fingerprint density at radius 3 is 0.585 bits per heavy atom. The first-order chi connectivity index (χ1) is 22.3. The minimum atomic E-state index is -10.2. The summed E-state index contributed by atoms with van der Waals surface area (Å²) >= 11 is 0. The van der Waals surface area contributed by atoms with E-state index in [2.05, 4.69) is 0 Å². The first-order valence-electron chi connectivity index (χ1n) is 10.9. The zero-order valence-corrected chi connectivity index (χ0v) is 22.3. The molecule has 0 spiro atoms. The van der Waals surface area contributed by atoms with Crippen LogP contribution in [0.15, 0.2) is 11.7 Å². The summed E-state index contributed by atoms with van der Waals surface area (Å²) in [5.41, 5.74) is 0.